The predicted octanol–water partition coefficient (Wildman–Crippen LogP) is 2.92. The van der Waals surface area contributed by atoms with Crippen molar-refractivity contribution in [3.8, 4) is 11.5 Å². The second-order valence-corrected chi connectivity index (χ2v) is 7.39. The fourth-order valence-electron chi connectivity index (χ4n) is 3.17. The monoisotopic (exact) mass is 384 g/mol. The van der Waals surface area contributed by atoms with Crippen molar-refractivity contribution in [3.05, 3.63) is 42.1 Å². The smallest absolute Gasteiger partial charge is 0.251 e. The maximum atomic E-state index is 12.7. The van der Waals surface area contributed by atoms with Crippen LogP contribution in [0, 0.1) is 5.92 Å². The maximum absolute atomic E-state index is 12.7. The molecule has 7 nitrogen and oxygen atoms in total. The molecule has 0 saturated carbocycles. The summed E-state index contributed by atoms with van der Waals surface area (Å²) in [6.45, 7) is 6.46. The number of amides is 1. The number of carbonyl (C=O) groups excluding carboxylic acids is 1. The van der Waals surface area contributed by atoms with Crippen molar-refractivity contribution in [3.63, 3.8) is 0 Å². The molecule has 0 bridgehead atoms. The maximum Gasteiger partial charge on any atom is 0.251 e. The Labute approximate surface area is 166 Å². The van der Waals surface area contributed by atoms with Crippen LogP contribution in [0.5, 0.6) is 11.5 Å². The van der Waals surface area contributed by atoms with Crippen molar-refractivity contribution in [1.82, 2.24) is 15.5 Å². The largest absolute Gasteiger partial charge is 0.493 e. The number of aromatic nitrogens is 2. The molecule has 1 N–H and O–H groups in total. The number of hydrogen-bond donors (Lipinski definition) is 1. The van der Waals surface area contributed by atoms with Gasteiger partial charge in [0.1, 0.15) is 0 Å². The van der Waals surface area contributed by atoms with Crippen molar-refractivity contribution >= 4 is 11.7 Å². The van der Waals surface area contributed by atoms with Crippen molar-refractivity contribution < 1.29 is 14.3 Å². The van der Waals surface area contributed by atoms with Gasteiger partial charge in [0.15, 0.2) is 17.3 Å². The number of piperidine rings is 1. The highest BCUT2D eigenvalue weighted by molar-refractivity contribution is 5.95. The fraction of sp³-hybridized carbons (Fsp3) is 0.476. The summed E-state index contributed by atoms with van der Waals surface area (Å²) in [4.78, 5) is 14.9. The summed E-state index contributed by atoms with van der Waals surface area (Å²) < 4.78 is 11.2. The van der Waals surface area contributed by atoms with Gasteiger partial charge in [-0.1, -0.05) is 13.8 Å². The lowest BCUT2D eigenvalue weighted by atomic mass is 10.0. The molecule has 150 valence electrons. The molecule has 0 atom stereocenters. The summed E-state index contributed by atoms with van der Waals surface area (Å²) in [5, 5.41) is 11.2. The molecule has 28 heavy (non-hydrogen) atoms. The number of hydrogen-bond acceptors (Lipinski definition) is 6. The van der Waals surface area contributed by atoms with Gasteiger partial charge in [0.05, 0.1) is 13.7 Å². The number of carbonyl (C=O) groups is 1. The molecule has 7 heteroatoms. The molecule has 0 radical (unpaired) electrons. The molecule has 1 aliphatic heterocycles. The molecule has 1 saturated heterocycles. The Balaban J connectivity index is 1.56. The average molecular weight is 384 g/mol. The number of anilines is 1. The summed E-state index contributed by atoms with van der Waals surface area (Å²) in [6.07, 6.45) is 3.41. The van der Waals surface area contributed by atoms with Crippen LogP contribution in [0.4, 0.5) is 5.82 Å². The SMILES string of the molecule is COc1cc(C(=O)NC2CCN(c3cccnn3)CC2)ccc1OCC(C)C. The van der Waals surface area contributed by atoms with E-state index >= 15 is 0 Å². The molecule has 1 fully saturated rings. The van der Waals surface area contributed by atoms with E-state index in [9.17, 15) is 4.79 Å². The lowest BCUT2D eigenvalue weighted by molar-refractivity contribution is 0.0930. The molecule has 3 rings (SSSR count). The minimum atomic E-state index is -0.0911. The van der Waals surface area contributed by atoms with Crippen molar-refractivity contribution in [1.29, 1.82) is 0 Å². The van der Waals surface area contributed by atoms with Crippen LogP contribution in [0.25, 0.3) is 0 Å². The molecule has 2 heterocycles. The van der Waals surface area contributed by atoms with E-state index in [1.165, 1.54) is 0 Å². The molecular formula is C21H28N4O3. The summed E-state index contributed by atoms with van der Waals surface area (Å²) in [7, 11) is 1.58. The van der Waals surface area contributed by atoms with Crippen molar-refractivity contribution in [2.75, 3.05) is 31.7 Å². The van der Waals surface area contributed by atoms with Gasteiger partial charge in [0.25, 0.3) is 5.91 Å². The van der Waals surface area contributed by atoms with Gasteiger partial charge in [-0.25, -0.2) is 0 Å². The van der Waals surface area contributed by atoms with Crippen LogP contribution in [-0.4, -0.2) is 49.0 Å². The van der Waals surface area contributed by atoms with E-state index in [2.05, 4.69) is 34.3 Å². The first-order chi connectivity index (χ1) is 13.6. The van der Waals surface area contributed by atoms with Gasteiger partial charge >= 0.3 is 0 Å². The second-order valence-electron chi connectivity index (χ2n) is 7.39. The summed E-state index contributed by atoms with van der Waals surface area (Å²) >= 11 is 0. The lowest BCUT2D eigenvalue weighted by Gasteiger charge is -2.32. The third kappa shape index (κ3) is 5.12. The van der Waals surface area contributed by atoms with E-state index in [1.807, 2.05) is 12.1 Å². The second kappa shape index (κ2) is 9.39. The molecule has 0 aliphatic carbocycles. The van der Waals surface area contributed by atoms with Crippen LogP contribution in [0.3, 0.4) is 0 Å². The van der Waals surface area contributed by atoms with Gasteiger partial charge in [0.2, 0.25) is 0 Å². The van der Waals surface area contributed by atoms with Gasteiger partial charge < -0.3 is 19.7 Å². The number of benzene rings is 1. The zero-order valence-electron chi connectivity index (χ0n) is 16.7. The lowest BCUT2D eigenvalue weighted by Crippen LogP contribution is -2.45. The molecule has 0 unspecified atom stereocenters. The Morgan fingerprint density at radius 2 is 2.04 bits per heavy atom. The predicted molar refractivity (Wildman–Crippen MR) is 108 cm³/mol. The van der Waals surface area contributed by atoms with Gasteiger partial charge in [-0.2, -0.15) is 5.10 Å². The first-order valence-electron chi connectivity index (χ1n) is 9.71. The van der Waals surface area contributed by atoms with Crippen molar-refractivity contribution in [2.45, 2.75) is 32.7 Å². The van der Waals surface area contributed by atoms with E-state index in [0.29, 0.717) is 29.6 Å². The Morgan fingerprint density at radius 1 is 1.25 bits per heavy atom. The van der Waals surface area contributed by atoms with Crippen LogP contribution < -0.4 is 19.7 Å². The Hall–Kier alpha value is -2.83. The van der Waals surface area contributed by atoms with E-state index in [1.54, 1.807) is 31.5 Å². The molecule has 1 aromatic heterocycles. The van der Waals surface area contributed by atoms with Crippen LogP contribution >= 0.6 is 0 Å². The van der Waals surface area contributed by atoms with E-state index in [-0.39, 0.29) is 11.9 Å². The Morgan fingerprint density at radius 3 is 2.68 bits per heavy atom. The zero-order chi connectivity index (χ0) is 19.9. The minimum Gasteiger partial charge on any atom is -0.493 e. The molecular weight excluding hydrogens is 356 g/mol. The number of nitrogens with zero attached hydrogens (tertiary/aromatic N) is 3. The van der Waals surface area contributed by atoms with E-state index in [0.717, 1.165) is 31.7 Å². The average Bonchev–Trinajstić information content (AvgIpc) is 2.73. The third-order valence-corrected chi connectivity index (χ3v) is 4.71. The summed E-state index contributed by atoms with van der Waals surface area (Å²) in [5.41, 5.74) is 0.574. The highest BCUT2D eigenvalue weighted by atomic mass is 16.5. The van der Waals surface area contributed by atoms with Crippen LogP contribution in [-0.2, 0) is 0 Å². The first kappa shape index (κ1) is 19.9. The summed E-state index contributed by atoms with van der Waals surface area (Å²) in [5.74, 6) is 2.44. The fourth-order valence-corrected chi connectivity index (χ4v) is 3.17. The third-order valence-electron chi connectivity index (χ3n) is 4.71. The van der Waals surface area contributed by atoms with Crippen molar-refractivity contribution in [2.24, 2.45) is 5.92 Å². The minimum absolute atomic E-state index is 0.0911. The summed E-state index contributed by atoms with van der Waals surface area (Å²) in [6, 6.07) is 9.30. The van der Waals surface area contributed by atoms with Crippen LogP contribution in [0.15, 0.2) is 36.5 Å². The number of rotatable bonds is 7. The zero-order valence-corrected chi connectivity index (χ0v) is 16.7. The highest BCUT2D eigenvalue weighted by Crippen LogP contribution is 2.28. The topological polar surface area (TPSA) is 76.6 Å². The van der Waals surface area contributed by atoms with E-state index in [4.69, 9.17) is 9.47 Å². The number of nitrogens with one attached hydrogen (secondary N) is 1. The van der Waals surface area contributed by atoms with Gasteiger partial charge in [-0.15, -0.1) is 5.10 Å². The standard InChI is InChI=1S/C21H28N4O3/c1-15(2)14-28-18-7-6-16(13-19(18)27-3)21(26)23-17-8-11-25(12-9-17)20-5-4-10-22-24-20/h4-7,10,13,15,17H,8-9,11-12,14H2,1-3H3,(H,23,26). The van der Waals surface area contributed by atoms with E-state index < -0.39 is 0 Å². The number of methoxy groups -OCH3 is 1. The number of ether oxygens (including phenoxy) is 2. The Bertz CT molecular complexity index is 774. The highest BCUT2D eigenvalue weighted by Gasteiger charge is 2.22. The van der Waals surface area contributed by atoms with Crippen LogP contribution in [0.1, 0.15) is 37.0 Å². The van der Waals surface area contributed by atoms with Gasteiger partial charge in [0, 0.05) is 30.9 Å². The molecule has 1 aliphatic rings. The molecule has 2 aromatic rings. The Kier molecular flexibility index (Phi) is 6.68. The first-order valence-corrected chi connectivity index (χ1v) is 9.71. The molecule has 0 spiro atoms. The quantitative estimate of drug-likeness (QED) is 0.791. The normalized spacial score (nSPS) is 14.8. The van der Waals surface area contributed by atoms with Gasteiger partial charge in [-0.05, 0) is 49.1 Å². The molecule has 1 aromatic carbocycles. The van der Waals surface area contributed by atoms with Crippen LogP contribution in [0.2, 0.25) is 0 Å². The van der Waals surface area contributed by atoms with Gasteiger partial charge in [-0.3, -0.25) is 4.79 Å². The molecule has 1 amide bonds.